The average molecular weight is 424 g/mol. The first-order valence-electron chi connectivity index (χ1n) is 10.2. The molecule has 0 spiro atoms. The molecule has 2 atom stereocenters. The predicted octanol–water partition coefficient (Wildman–Crippen LogP) is 2.18. The summed E-state index contributed by atoms with van der Waals surface area (Å²) in [4.78, 5) is 25.4. The molecule has 168 valence electrons. The first-order valence-corrected chi connectivity index (χ1v) is 10.2. The summed E-state index contributed by atoms with van der Waals surface area (Å²) in [5.74, 6) is 0.943. The molecule has 1 fully saturated rings. The number of esters is 1. The molecule has 1 aromatic rings. The van der Waals surface area contributed by atoms with E-state index in [0.29, 0.717) is 37.8 Å². The van der Waals surface area contributed by atoms with Gasteiger partial charge in [-0.05, 0) is 25.0 Å². The Morgan fingerprint density at radius 2 is 1.90 bits per heavy atom. The number of hydrogen-bond acceptors (Lipinski definition) is 8. The van der Waals surface area contributed by atoms with Gasteiger partial charge in [0.15, 0.2) is 11.5 Å². The lowest BCUT2D eigenvalue weighted by Gasteiger charge is -2.32. The molecular formula is C21H32N2O7. The number of morpholine rings is 1. The largest absolute Gasteiger partial charge is 0.490 e. The van der Waals surface area contributed by atoms with Crippen molar-refractivity contribution in [2.45, 2.75) is 39.3 Å². The lowest BCUT2D eigenvalue weighted by Crippen LogP contribution is -2.48. The van der Waals surface area contributed by atoms with Crippen molar-refractivity contribution in [3.05, 3.63) is 24.3 Å². The normalized spacial score (nSPS) is 17.4. The molecule has 1 aliphatic rings. The quantitative estimate of drug-likeness (QED) is 0.450. The van der Waals surface area contributed by atoms with Gasteiger partial charge in [0, 0.05) is 12.6 Å². The average Bonchev–Trinajstić information content (AvgIpc) is 2.73. The van der Waals surface area contributed by atoms with Crippen molar-refractivity contribution in [1.82, 2.24) is 4.90 Å². The Morgan fingerprint density at radius 3 is 2.57 bits per heavy atom. The van der Waals surface area contributed by atoms with Gasteiger partial charge in [-0.15, -0.1) is 0 Å². The molecule has 1 aromatic carbocycles. The summed E-state index contributed by atoms with van der Waals surface area (Å²) >= 11 is 0. The van der Waals surface area contributed by atoms with Crippen LogP contribution in [0.2, 0.25) is 0 Å². The van der Waals surface area contributed by atoms with Crippen LogP contribution in [0.25, 0.3) is 0 Å². The fourth-order valence-electron chi connectivity index (χ4n) is 2.74. The molecule has 1 amide bonds. The Balaban J connectivity index is 1.73. The Bertz CT molecular complexity index is 683. The number of carbonyl (C=O) groups excluding carboxylic acids is 2. The smallest absolute Gasteiger partial charge is 0.412 e. The molecule has 30 heavy (non-hydrogen) atoms. The molecule has 1 saturated heterocycles. The lowest BCUT2D eigenvalue weighted by molar-refractivity contribution is -0.153. The number of rotatable bonds is 10. The monoisotopic (exact) mass is 424 g/mol. The van der Waals surface area contributed by atoms with Crippen LogP contribution in [0.15, 0.2) is 24.3 Å². The fraction of sp³-hybridized carbons (Fsp3) is 0.619. The molecule has 2 N–H and O–H groups in total. The first-order chi connectivity index (χ1) is 14.4. The van der Waals surface area contributed by atoms with Crippen molar-refractivity contribution in [3.63, 3.8) is 0 Å². The number of carbonyl (C=O) groups is 2. The third-order valence-electron chi connectivity index (χ3n) is 4.63. The maximum Gasteiger partial charge on any atom is 0.412 e. The zero-order chi connectivity index (χ0) is 21.9. The fourth-order valence-corrected chi connectivity index (χ4v) is 2.74. The van der Waals surface area contributed by atoms with E-state index >= 15 is 0 Å². The van der Waals surface area contributed by atoms with Crippen molar-refractivity contribution < 1.29 is 33.3 Å². The van der Waals surface area contributed by atoms with Gasteiger partial charge in [0.25, 0.3) is 0 Å². The van der Waals surface area contributed by atoms with E-state index in [1.807, 2.05) is 45.0 Å². The Kier molecular flexibility index (Phi) is 9.69. The molecule has 9 heteroatoms. The van der Waals surface area contributed by atoms with Crippen molar-refractivity contribution in [2.75, 3.05) is 39.7 Å². The number of ether oxygens (including phenoxy) is 5. The van der Waals surface area contributed by atoms with Gasteiger partial charge < -0.3 is 34.3 Å². The second kappa shape index (κ2) is 12.2. The third kappa shape index (κ3) is 7.72. The molecular weight excluding hydrogens is 392 g/mol. The van der Waals surface area contributed by atoms with E-state index in [0.717, 1.165) is 0 Å². The van der Waals surface area contributed by atoms with E-state index in [9.17, 15) is 9.59 Å². The summed E-state index contributed by atoms with van der Waals surface area (Å²) in [5.41, 5.74) is 5.83. The molecule has 0 bridgehead atoms. The van der Waals surface area contributed by atoms with Crippen LogP contribution >= 0.6 is 0 Å². The highest BCUT2D eigenvalue weighted by Gasteiger charge is 2.26. The standard InChI is InChI=1S/C21H32N2O7/c1-4-26-18-7-5-6-8-19(18)28-13-16-12-23(9-10-27-16)21(25)30-14-29-20(24)11-17(22)15(2)3/h5-8,15-17H,4,9-14,22H2,1-3H3/t16?,17-/m1/s1. The number of amides is 1. The van der Waals surface area contributed by atoms with Crippen LogP contribution in [0, 0.1) is 5.92 Å². The molecule has 2 rings (SSSR count). The van der Waals surface area contributed by atoms with Crippen molar-refractivity contribution in [3.8, 4) is 11.5 Å². The lowest BCUT2D eigenvalue weighted by atomic mass is 10.0. The summed E-state index contributed by atoms with van der Waals surface area (Å²) in [6.45, 7) is 7.16. The van der Waals surface area contributed by atoms with Crippen LogP contribution < -0.4 is 15.2 Å². The van der Waals surface area contributed by atoms with Gasteiger partial charge in [0.2, 0.25) is 6.79 Å². The number of nitrogens with zero attached hydrogens (tertiary/aromatic N) is 1. The summed E-state index contributed by atoms with van der Waals surface area (Å²) in [6, 6.07) is 7.09. The maximum absolute atomic E-state index is 12.2. The van der Waals surface area contributed by atoms with Gasteiger partial charge in [-0.3, -0.25) is 4.79 Å². The molecule has 9 nitrogen and oxygen atoms in total. The van der Waals surface area contributed by atoms with E-state index in [2.05, 4.69) is 0 Å². The zero-order valence-corrected chi connectivity index (χ0v) is 17.9. The number of nitrogens with two attached hydrogens (primary N) is 1. The molecule has 0 aromatic heterocycles. The molecule has 0 radical (unpaired) electrons. The van der Waals surface area contributed by atoms with E-state index in [4.69, 9.17) is 29.4 Å². The third-order valence-corrected chi connectivity index (χ3v) is 4.63. The molecule has 1 heterocycles. The van der Waals surface area contributed by atoms with Crippen LogP contribution in [-0.4, -0.2) is 68.8 Å². The van der Waals surface area contributed by atoms with Gasteiger partial charge in [-0.25, -0.2) is 4.79 Å². The maximum atomic E-state index is 12.2. The molecule has 0 saturated carbocycles. The first kappa shape index (κ1) is 23.8. The van der Waals surface area contributed by atoms with Crippen molar-refractivity contribution in [2.24, 2.45) is 11.7 Å². The highest BCUT2D eigenvalue weighted by Crippen LogP contribution is 2.26. The Hall–Kier alpha value is -2.52. The zero-order valence-electron chi connectivity index (χ0n) is 17.9. The van der Waals surface area contributed by atoms with Gasteiger partial charge in [0.1, 0.15) is 12.7 Å². The minimum absolute atomic E-state index is 0.0788. The minimum atomic E-state index is -0.570. The van der Waals surface area contributed by atoms with Gasteiger partial charge >= 0.3 is 12.1 Å². The minimum Gasteiger partial charge on any atom is -0.490 e. The summed E-state index contributed by atoms with van der Waals surface area (Å²) < 4.78 is 27.0. The van der Waals surface area contributed by atoms with Crippen LogP contribution in [-0.2, 0) is 19.0 Å². The Labute approximate surface area is 177 Å². The van der Waals surface area contributed by atoms with E-state index in [-0.39, 0.29) is 31.1 Å². The number of hydrogen-bond donors (Lipinski definition) is 1. The highest BCUT2D eigenvalue weighted by molar-refractivity contribution is 5.71. The summed E-state index contributed by atoms with van der Waals surface area (Å²) in [6.07, 6.45) is -0.804. The molecule has 1 unspecified atom stereocenters. The summed E-state index contributed by atoms with van der Waals surface area (Å²) in [5, 5.41) is 0. The van der Waals surface area contributed by atoms with Gasteiger partial charge in [0.05, 0.1) is 26.2 Å². The number of benzene rings is 1. The topological polar surface area (TPSA) is 110 Å². The molecule has 0 aliphatic carbocycles. The van der Waals surface area contributed by atoms with Crippen LogP contribution in [0.1, 0.15) is 27.2 Å². The van der Waals surface area contributed by atoms with Gasteiger partial charge in [-0.2, -0.15) is 0 Å². The van der Waals surface area contributed by atoms with Crippen LogP contribution in [0.3, 0.4) is 0 Å². The Morgan fingerprint density at radius 1 is 1.20 bits per heavy atom. The van der Waals surface area contributed by atoms with Crippen molar-refractivity contribution >= 4 is 12.1 Å². The van der Waals surface area contributed by atoms with Gasteiger partial charge in [-0.1, -0.05) is 26.0 Å². The highest BCUT2D eigenvalue weighted by atomic mass is 16.7. The SMILES string of the molecule is CCOc1ccccc1OCC1CN(C(=O)OCOC(=O)C[C@@H](N)C(C)C)CCO1. The van der Waals surface area contributed by atoms with Crippen molar-refractivity contribution in [1.29, 1.82) is 0 Å². The van der Waals surface area contributed by atoms with Crippen LogP contribution in [0.5, 0.6) is 11.5 Å². The summed E-state index contributed by atoms with van der Waals surface area (Å²) in [7, 11) is 0. The number of para-hydroxylation sites is 2. The van der Waals surface area contributed by atoms with E-state index in [1.54, 1.807) is 0 Å². The van der Waals surface area contributed by atoms with Crippen LogP contribution in [0.4, 0.5) is 4.79 Å². The second-order valence-corrected chi connectivity index (χ2v) is 7.29. The second-order valence-electron chi connectivity index (χ2n) is 7.29. The predicted molar refractivity (Wildman–Crippen MR) is 109 cm³/mol. The van der Waals surface area contributed by atoms with E-state index in [1.165, 1.54) is 4.90 Å². The molecule has 1 aliphatic heterocycles. The van der Waals surface area contributed by atoms with E-state index < -0.39 is 18.9 Å².